The fraction of sp³-hybridized carbons (Fsp3) is 0.360. The van der Waals surface area contributed by atoms with Gasteiger partial charge in [0.1, 0.15) is 5.82 Å². The summed E-state index contributed by atoms with van der Waals surface area (Å²) < 4.78 is 28.9. The second-order valence-electron chi connectivity index (χ2n) is 9.21. The van der Waals surface area contributed by atoms with E-state index >= 15 is 0 Å². The molecule has 1 N–H and O–H groups in total. The number of anilines is 1. The van der Waals surface area contributed by atoms with Crippen molar-refractivity contribution >= 4 is 37.5 Å². The fourth-order valence-corrected chi connectivity index (χ4v) is 4.90. The zero-order valence-electron chi connectivity index (χ0n) is 19.8. The zero-order valence-corrected chi connectivity index (χ0v) is 20.6. The molecule has 1 aliphatic rings. The van der Waals surface area contributed by atoms with Gasteiger partial charge in [-0.05, 0) is 58.0 Å². The summed E-state index contributed by atoms with van der Waals surface area (Å²) in [5.74, 6) is 0.117. The van der Waals surface area contributed by atoms with Gasteiger partial charge in [0.15, 0.2) is 5.43 Å². The van der Waals surface area contributed by atoms with E-state index in [1.807, 2.05) is 16.9 Å². The zero-order chi connectivity index (χ0) is 24.6. The lowest BCUT2D eigenvalue weighted by Gasteiger charge is -2.13. The Kier molecular flexibility index (Phi) is 6.24. The highest BCUT2D eigenvalue weighted by Crippen LogP contribution is 2.23. The smallest absolute Gasteiger partial charge is 0.236 e. The largest absolute Gasteiger partial charge is 0.301 e. The minimum Gasteiger partial charge on any atom is -0.301 e. The van der Waals surface area contributed by atoms with Gasteiger partial charge < -0.3 is 4.90 Å². The van der Waals surface area contributed by atoms with Crippen molar-refractivity contribution < 1.29 is 8.42 Å². The maximum Gasteiger partial charge on any atom is 0.236 e. The van der Waals surface area contributed by atoms with Crippen molar-refractivity contribution in [2.75, 3.05) is 24.4 Å². The third-order valence-electron chi connectivity index (χ3n) is 6.44. The molecule has 5 rings (SSSR count). The van der Waals surface area contributed by atoms with Gasteiger partial charge in [0.25, 0.3) is 0 Å². The molecule has 182 valence electrons. The predicted octanol–water partition coefficient (Wildman–Crippen LogP) is 3.25. The van der Waals surface area contributed by atoms with Crippen LogP contribution >= 0.6 is 0 Å². The van der Waals surface area contributed by atoms with Gasteiger partial charge >= 0.3 is 0 Å². The van der Waals surface area contributed by atoms with Gasteiger partial charge in [-0.2, -0.15) is 5.10 Å². The molecule has 0 unspecified atom stereocenters. The van der Waals surface area contributed by atoms with Crippen LogP contribution in [0.25, 0.3) is 32.8 Å². The lowest BCUT2D eigenvalue weighted by molar-refractivity contribution is 0.316. The number of nitrogens with one attached hydrogen (secondary N) is 1. The van der Waals surface area contributed by atoms with Crippen LogP contribution in [0.3, 0.4) is 0 Å². The maximum atomic E-state index is 13.5. The van der Waals surface area contributed by atoms with Crippen LogP contribution < -0.4 is 10.2 Å². The summed E-state index contributed by atoms with van der Waals surface area (Å²) in [7, 11) is -3.58. The van der Waals surface area contributed by atoms with E-state index in [0.29, 0.717) is 21.7 Å². The van der Waals surface area contributed by atoms with Crippen molar-refractivity contribution in [1.29, 1.82) is 0 Å². The second-order valence-corrected chi connectivity index (χ2v) is 11.4. The number of fused-ring (bicyclic) bond motifs is 2. The van der Waals surface area contributed by atoms with Crippen molar-refractivity contribution in [1.82, 2.24) is 24.6 Å². The van der Waals surface area contributed by atoms with Crippen LogP contribution in [0.15, 0.2) is 53.8 Å². The lowest BCUT2D eigenvalue weighted by atomic mass is 10.1. The number of aromatic nitrogens is 4. The molecule has 9 nitrogen and oxygen atoms in total. The molecule has 0 saturated carbocycles. The Hall–Kier alpha value is -3.37. The van der Waals surface area contributed by atoms with Crippen LogP contribution in [0.1, 0.15) is 26.7 Å². The van der Waals surface area contributed by atoms with Crippen LogP contribution in [0, 0.1) is 0 Å². The molecule has 3 aromatic heterocycles. The minimum absolute atomic E-state index is 0.117. The first kappa shape index (κ1) is 23.4. The monoisotopic (exact) mass is 492 g/mol. The van der Waals surface area contributed by atoms with E-state index in [2.05, 4.69) is 24.7 Å². The third-order valence-corrected chi connectivity index (χ3v) is 8.18. The Labute approximate surface area is 203 Å². The molecule has 0 bridgehead atoms. The lowest BCUT2D eigenvalue weighted by Crippen LogP contribution is -2.24. The number of pyridine rings is 2. The van der Waals surface area contributed by atoms with Crippen LogP contribution in [-0.4, -0.2) is 58.0 Å². The van der Waals surface area contributed by atoms with Crippen molar-refractivity contribution in [3.63, 3.8) is 0 Å². The van der Waals surface area contributed by atoms with E-state index in [0.717, 1.165) is 37.3 Å². The summed E-state index contributed by atoms with van der Waals surface area (Å²) in [6, 6.07) is 6.86. The Morgan fingerprint density at radius 1 is 0.971 bits per heavy atom. The summed E-state index contributed by atoms with van der Waals surface area (Å²) in [4.78, 5) is 24.7. The number of likely N-dealkylation sites (tertiary alicyclic amines) is 1. The highest BCUT2D eigenvalue weighted by Gasteiger charge is 2.17. The molecule has 1 aliphatic heterocycles. The van der Waals surface area contributed by atoms with Crippen molar-refractivity contribution in [3.05, 3.63) is 59.3 Å². The molecule has 0 atom stereocenters. The Balaban J connectivity index is 1.50. The van der Waals surface area contributed by atoms with Gasteiger partial charge in [-0.1, -0.05) is 6.07 Å². The normalized spacial score (nSPS) is 14.8. The van der Waals surface area contributed by atoms with Gasteiger partial charge in [-0.15, -0.1) is 0 Å². The standard InChI is InChI=1S/C25H28N6O3S/c1-17(2)35(33,34)29-24-12-21-18(13-27-24)5-6-23-22(25(21)32)11-19(14-26-23)20-15-28-31(16-20)10-9-30-7-3-4-8-30/h5-6,11-17H,3-4,7-10H2,1-2H3,(H,27,29). The second kappa shape index (κ2) is 9.35. The van der Waals surface area contributed by atoms with Gasteiger partial charge in [0.05, 0.1) is 23.5 Å². The van der Waals surface area contributed by atoms with Crippen molar-refractivity contribution in [3.8, 4) is 11.1 Å². The molecule has 4 aromatic rings. The highest BCUT2D eigenvalue weighted by molar-refractivity contribution is 7.93. The van der Waals surface area contributed by atoms with Crippen molar-refractivity contribution in [2.24, 2.45) is 0 Å². The molecule has 4 heterocycles. The summed E-state index contributed by atoms with van der Waals surface area (Å²) in [6.45, 7) is 7.25. The quantitative estimate of drug-likeness (QED) is 0.422. The molecule has 0 amide bonds. The topological polar surface area (TPSA) is 110 Å². The van der Waals surface area contributed by atoms with E-state index in [1.54, 1.807) is 38.4 Å². The van der Waals surface area contributed by atoms with E-state index < -0.39 is 15.3 Å². The van der Waals surface area contributed by atoms with Gasteiger partial charge in [-0.3, -0.25) is 19.2 Å². The van der Waals surface area contributed by atoms with Crippen molar-refractivity contribution in [2.45, 2.75) is 38.5 Å². The fourth-order valence-electron chi connectivity index (χ4n) is 4.26. The third kappa shape index (κ3) is 4.89. The molecule has 0 radical (unpaired) electrons. The molecule has 10 heteroatoms. The average molecular weight is 493 g/mol. The van der Waals surface area contributed by atoms with Crippen LogP contribution in [0.2, 0.25) is 0 Å². The van der Waals surface area contributed by atoms with Crippen LogP contribution in [-0.2, 0) is 16.6 Å². The van der Waals surface area contributed by atoms with Gasteiger partial charge in [0, 0.05) is 52.4 Å². The highest BCUT2D eigenvalue weighted by atomic mass is 32.2. The predicted molar refractivity (Wildman–Crippen MR) is 138 cm³/mol. The van der Waals surface area contributed by atoms with E-state index in [-0.39, 0.29) is 11.2 Å². The number of hydrogen-bond acceptors (Lipinski definition) is 7. The summed E-state index contributed by atoms with van der Waals surface area (Å²) in [5, 5.41) is 5.30. The molecule has 0 spiro atoms. The number of rotatable bonds is 7. The Morgan fingerprint density at radius 2 is 1.77 bits per heavy atom. The molecular weight excluding hydrogens is 464 g/mol. The first-order valence-electron chi connectivity index (χ1n) is 11.8. The Bertz CT molecular complexity index is 1560. The first-order chi connectivity index (χ1) is 16.8. The van der Waals surface area contributed by atoms with Gasteiger partial charge in [0.2, 0.25) is 10.0 Å². The molecule has 0 aliphatic carbocycles. The molecule has 35 heavy (non-hydrogen) atoms. The average Bonchev–Trinajstić information content (AvgIpc) is 3.51. The van der Waals surface area contributed by atoms with E-state index in [4.69, 9.17) is 0 Å². The summed E-state index contributed by atoms with van der Waals surface area (Å²) in [5.41, 5.74) is 2.02. The van der Waals surface area contributed by atoms with Crippen LogP contribution in [0.5, 0.6) is 0 Å². The van der Waals surface area contributed by atoms with E-state index in [9.17, 15) is 13.2 Å². The maximum absolute atomic E-state index is 13.5. The summed E-state index contributed by atoms with van der Waals surface area (Å²) >= 11 is 0. The SMILES string of the molecule is CC(C)S(=O)(=O)Nc1cc2c(=O)c3cc(-c4cnn(CCN5CCCC5)c4)cnc3ccc2cn1. The molecule has 1 saturated heterocycles. The Morgan fingerprint density at radius 3 is 2.54 bits per heavy atom. The molecular formula is C25H28N6O3S. The molecule has 1 fully saturated rings. The minimum atomic E-state index is -3.58. The number of hydrogen-bond donors (Lipinski definition) is 1. The number of sulfonamides is 1. The van der Waals surface area contributed by atoms with Crippen LogP contribution in [0.4, 0.5) is 5.82 Å². The number of nitrogens with zero attached hydrogens (tertiary/aromatic N) is 5. The first-order valence-corrected chi connectivity index (χ1v) is 13.3. The van der Waals surface area contributed by atoms with E-state index in [1.165, 1.54) is 25.1 Å². The molecule has 1 aromatic carbocycles. The van der Waals surface area contributed by atoms with Gasteiger partial charge in [-0.25, -0.2) is 13.4 Å². The summed E-state index contributed by atoms with van der Waals surface area (Å²) in [6.07, 6.45) is 9.54.